The van der Waals surface area contributed by atoms with Crippen LogP contribution in [-0.4, -0.2) is 34.4 Å². The zero-order valence-corrected chi connectivity index (χ0v) is 21.4. The topological polar surface area (TPSA) is 57.5 Å². The Hall–Kier alpha value is -1.00. The number of aliphatic hydroxyl groups excluding tert-OH is 2. The standard InChI is InChI=1S/C29H45FO3/c1-7-19(16(2)3)27(33)26(32)17(4)21-8-9-22-20-15-25(30)24-14-18(31)10-12-29(24,6)23(20)11-13-28(21,22)5/h10,12,14,16-17,19-23,25-27,32-33H,7-9,11,13,15H2,1-6H3/t17-,19-,20-,21+,22-,23-,25-,26-,27-,28+,29+/m0/s1. The lowest BCUT2D eigenvalue weighted by Gasteiger charge is -2.58. The van der Waals surface area contributed by atoms with Gasteiger partial charge in [0.15, 0.2) is 5.78 Å². The molecule has 0 bridgehead atoms. The van der Waals surface area contributed by atoms with Gasteiger partial charge in [-0.25, -0.2) is 4.39 Å². The molecule has 2 N–H and O–H groups in total. The van der Waals surface area contributed by atoms with Crippen molar-refractivity contribution in [2.45, 2.75) is 98.4 Å². The summed E-state index contributed by atoms with van der Waals surface area (Å²) in [5, 5.41) is 22.3. The molecule has 0 heterocycles. The highest BCUT2D eigenvalue weighted by molar-refractivity contribution is 6.01. The molecule has 33 heavy (non-hydrogen) atoms. The van der Waals surface area contributed by atoms with Gasteiger partial charge in [-0.2, -0.15) is 0 Å². The van der Waals surface area contributed by atoms with Crippen LogP contribution in [0.2, 0.25) is 0 Å². The second-order valence-corrected chi connectivity index (χ2v) is 12.6. The molecular weight excluding hydrogens is 415 g/mol. The van der Waals surface area contributed by atoms with Gasteiger partial charge in [-0.3, -0.25) is 4.79 Å². The minimum atomic E-state index is -1.05. The predicted octanol–water partition coefficient (Wildman–Crippen LogP) is 5.90. The molecule has 3 fully saturated rings. The number of hydrogen-bond acceptors (Lipinski definition) is 3. The first kappa shape index (κ1) is 25.1. The summed E-state index contributed by atoms with van der Waals surface area (Å²) in [6.45, 7) is 13.0. The molecule has 0 radical (unpaired) electrons. The van der Waals surface area contributed by atoms with Crippen LogP contribution in [0.4, 0.5) is 4.39 Å². The van der Waals surface area contributed by atoms with Crippen molar-refractivity contribution < 1.29 is 19.4 Å². The summed E-state index contributed by atoms with van der Waals surface area (Å²) >= 11 is 0. The van der Waals surface area contributed by atoms with Gasteiger partial charge in [0.1, 0.15) is 6.17 Å². The zero-order valence-electron chi connectivity index (χ0n) is 21.4. The SMILES string of the molecule is CC[C@@H](C(C)C)[C@H](O)[C@@H](O)[C@@H](C)[C@H]1CC[C@H]2[C@@H]3C[C@H](F)C4=CC(=O)C=C[C@]4(C)[C@H]3CC[C@]12C. The third kappa shape index (κ3) is 3.88. The average Bonchev–Trinajstić information content (AvgIpc) is 3.11. The van der Waals surface area contributed by atoms with Crippen LogP contribution in [-0.2, 0) is 4.79 Å². The van der Waals surface area contributed by atoms with E-state index in [1.807, 2.05) is 6.08 Å². The molecular formula is C29H45FO3. The monoisotopic (exact) mass is 460 g/mol. The number of ketones is 1. The summed E-state index contributed by atoms with van der Waals surface area (Å²) in [6, 6.07) is 0. The van der Waals surface area contributed by atoms with Gasteiger partial charge >= 0.3 is 0 Å². The van der Waals surface area contributed by atoms with Crippen LogP contribution < -0.4 is 0 Å². The van der Waals surface area contributed by atoms with Crippen molar-refractivity contribution in [3.05, 3.63) is 23.8 Å². The molecule has 0 amide bonds. The molecule has 4 aliphatic carbocycles. The highest BCUT2D eigenvalue weighted by atomic mass is 19.1. The predicted molar refractivity (Wildman–Crippen MR) is 130 cm³/mol. The average molecular weight is 461 g/mol. The zero-order chi connectivity index (χ0) is 24.3. The molecule has 11 atom stereocenters. The normalized spacial score (nSPS) is 43.9. The van der Waals surface area contributed by atoms with Crippen LogP contribution in [0, 0.1) is 52.3 Å². The minimum Gasteiger partial charge on any atom is -0.390 e. The molecule has 0 unspecified atom stereocenters. The molecule has 0 spiro atoms. The molecule has 0 aromatic carbocycles. The molecule has 4 rings (SSSR count). The smallest absolute Gasteiger partial charge is 0.178 e. The Labute approximate surface area is 199 Å². The lowest BCUT2D eigenvalue weighted by Crippen LogP contribution is -2.53. The molecule has 3 saturated carbocycles. The number of rotatable bonds is 6. The summed E-state index contributed by atoms with van der Waals surface area (Å²) in [7, 11) is 0. The molecule has 0 saturated heterocycles. The van der Waals surface area contributed by atoms with Crippen molar-refractivity contribution in [3.63, 3.8) is 0 Å². The summed E-state index contributed by atoms with van der Waals surface area (Å²) < 4.78 is 15.5. The van der Waals surface area contributed by atoms with Gasteiger partial charge in [-0.15, -0.1) is 0 Å². The van der Waals surface area contributed by atoms with Crippen LogP contribution >= 0.6 is 0 Å². The number of hydrogen-bond donors (Lipinski definition) is 2. The maximum Gasteiger partial charge on any atom is 0.178 e. The Morgan fingerprint density at radius 3 is 2.42 bits per heavy atom. The van der Waals surface area contributed by atoms with Crippen molar-refractivity contribution in [3.8, 4) is 0 Å². The first-order valence-electron chi connectivity index (χ1n) is 13.4. The summed E-state index contributed by atoms with van der Waals surface area (Å²) in [4.78, 5) is 12.0. The highest BCUT2D eigenvalue weighted by Crippen LogP contribution is 2.67. The minimum absolute atomic E-state index is 0.0161. The maximum absolute atomic E-state index is 15.5. The van der Waals surface area contributed by atoms with E-state index in [1.54, 1.807) is 12.2 Å². The fourth-order valence-electron chi connectivity index (χ4n) is 9.01. The third-order valence-corrected chi connectivity index (χ3v) is 10.9. The largest absolute Gasteiger partial charge is 0.390 e. The van der Waals surface area contributed by atoms with Gasteiger partial charge in [-0.1, -0.05) is 54.0 Å². The Morgan fingerprint density at radius 1 is 1.09 bits per heavy atom. The summed E-state index contributed by atoms with van der Waals surface area (Å²) in [6.07, 6.45) is 8.30. The van der Waals surface area contributed by atoms with Gasteiger partial charge < -0.3 is 10.2 Å². The molecule has 186 valence electrons. The molecule has 0 aliphatic heterocycles. The number of carbonyl (C=O) groups is 1. The van der Waals surface area contributed by atoms with Gasteiger partial charge in [-0.05, 0) is 96.7 Å². The van der Waals surface area contributed by atoms with E-state index in [2.05, 4.69) is 41.5 Å². The molecule has 4 aliphatic rings. The van der Waals surface area contributed by atoms with Crippen molar-refractivity contribution in [2.24, 2.45) is 52.3 Å². The van der Waals surface area contributed by atoms with Crippen LogP contribution in [0.25, 0.3) is 0 Å². The van der Waals surface area contributed by atoms with E-state index >= 15 is 4.39 Å². The Bertz CT molecular complexity index is 818. The fourth-order valence-corrected chi connectivity index (χ4v) is 9.01. The summed E-state index contributed by atoms with van der Waals surface area (Å²) in [5.41, 5.74) is 0.398. The number of alkyl halides is 1. The lowest BCUT2D eigenvalue weighted by atomic mass is 9.47. The molecule has 0 aromatic heterocycles. The number of aliphatic hydroxyl groups is 2. The van der Waals surface area contributed by atoms with Crippen molar-refractivity contribution in [2.75, 3.05) is 0 Å². The van der Waals surface area contributed by atoms with Crippen LogP contribution in [0.15, 0.2) is 23.8 Å². The van der Waals surface area contributed by atoms with Gasteiger partial charge in [0, 0.05) is 5.41 Å². The number of carbonyl (C=O) groups excluding carboxylic acids is 1. The first-order chi connectivity index (χ1) is 15.5. The van der Waals surface area contributed by atoms with E-state index in [-0.39, 0.29) is 28.4 Å². The van der Waals surface area contributed by atoms with E-state index in [1.165, 1.54) is 0 Å². The van der Waals surface area contributed by atoms with E-state index in [9.17, 15) is 15.0 Å². The fraction of sp³-hybridized carbons (Fsp3) is 0.828. The Morgan fingerprint density at radius 2 is 1.79 bits per heavy atom. The first-order valence-corrected chi connectivity index (χ1v) is 13.4. The van der Waals surface area contributed by atoms with Gasteiger partial charge in [0.25, 0.3) is 0 Å². The van der Waals surface area contributed by atoms with E-state index in [4.69, 9.17) is 0 Å². The van der Waals surface area contributed by atoms with Crippen LogP contribution in [0.1, 0.15) is 80.1 Å². The van der Waals surface area contributed by atoms with Gasteiger partial charge in [0.2, 0.25) is 0 Å². The Kier molecular flexibility index (Phi) is 6.77. The van der Waals surface area contributed by atoms with Crippen LogP contribution in [0.3, 0.4) is 0 Å². The highest BCUT2D eigenvalue weighted by Gasteiger charge is 2.61. The summed E-state index contributed by atoms with van der Waals surface area (Å²) in [5.74, 6) is 1.80. The Balaban J connectivity index is 1.57. The van der Waals surface area contributed by atoms with Crippen molar-refractivity contribution >= 4 is 5.78 Å². The quantitative estimate of drug-likeness (QED) is 0.519. The molecule has 4 heteroatoms. The van der Waals surface area contributed by atoms with Crippen molar-refractivity contribution in [1.29, 1.82) is 0 Å². The molecule has 0 aromatic rings. The molecule has 3 nitrogen and oxygen atoms in total. The number of fused-ring (bicyclic) bond motifs is 5. The third-order valence-electron chi connectivity index (χ3n) is 10.9. The van der Waals surface area contributed by atoms with E-state index in [0.29, 0.717) is 41.6 Å². The number of allylic oxidation sites excluding steroid dienone is 4. The van der Waals surface area contributed by atoms with E-state index in [0.717, 1.165) is 32.1 Å². The van der Waals surface area contributed by atoms with Crippen LogP contribution in [0.5, 0.6) is 0 Å². The van der Waals surface area contributed by atoms with E-state index < -0.39 is 18.4 Å². The second kappa shape index (κ2) is 8.90. The van der Waals surface area contributed by atoms with Crippen molar-refractivity contribution in [1.82, 2.24) is 0 Å². The maximum atomic E-state index is 15.5. The van der Waals surface area contributed by atoms with Gasteiger partial charge in [0.05, 0.1) is 12.2 Å². The lowest BCUT2D eigenvalue weighted by molar-refractivity contribution is -0.112. The number of halogens is 1. The second-order valence-electron chi connectivity index (χ2n) is 12.6.